The van der Waals surface area contributed by atoms with Crippen molar-refractivity contribution in [3.8, 4) is 11.5 Å². The van der Waals surface area contributed by atoms with Gasteiger partial charge in [0.2, 0.25) is 0 Å². The first-order chi connectivity index (χ1) is 12.4. The minimum atomic E-state index is -0.635. The van der Waals surface area contributed by atoms with E-state index >= 15 is 0 Å². The molecule has 1 unspecified atom stereocenters. The lowest BCUT2D eigenvalue weighted by Gasteiger charge is -2.29. The third-order valence-corrected chi connectivity index (χ3v) is 3.81. The van der Waals surface area contributed by atoms with Crippen molar-refractivity contribution in [3.63, 3.8) is 0 Å². The maximum absolute atomic E-state index is 12.5. The molecule has 0 saturated heterocycles. The summed E-state index contributed by atoms with van der Waals surface area (Å²) in [4.78, 5) is 24.5. The van der Waals surface area contributed by atoms with Crippen LogP contribution in [-0.4, -0.2) is 31.8 Å². The fourth-order valence-electron chi connectivity index (χ4n) is 2.69. The minimum absolute atomic E-state index is 0.263. The number of hydrogen-bond donors (Lipinski definition) is 2. The summed E-state index contributed by atoms with van der Waals surface area (Å²) in [5.41, 5.74) is 1.54. The molecule has 2 N–H and O–H groups in total. The number of urea groups is 1. The Morgan fingerprint density at radius 3 is 2.62 bits per heavy atom. The van der Waals surface area contributed by atoms with Crippen LogP contribution < -0.4 is 20.1 Å². The van der Waals surface area contributed by atoms with Gasteiger partial charge in [-0.3, -0.25) is 0 Å². The van der Waals surface area contributed by atoms with Gasteiger partial charge in [0.05, 0.1) is 31.4 Å². The van der Waals surface area contributed by atoms with E-state index in [4.69, 9.17) is 14.2 Å². The Labute approximate surface area is 153 Å². The molecule has 2 rings (SSSR count). The lowest BCUT2D eigenvalue weighted by Crippen LogP contribution is -2.45. The van der Waals surface area contributed by atoms with E-state index in [9.17, 15) is 9.59 Å². The summed E-state index contributed by atoms with van der Waals surface area (Å²) in [6, 6.07) is 4.33. The van der Waals surface area contributed by atoms with Crippen LogP contribution in [0.4, 0.5) is 4.79 Å². The summed E-state index contributed by atoms with van der Waals surface area (Å²) in [6.07, 6.45) is 0.614. The summed E-state index contributed by atoms with van der Waals surface area (Å²) in [7, 11) is 1.55. The van der Waals surface area contributed by atoms with Crippen molar-refractivity contribution in [1.29, 1.82) is 0 Å². The molecule has 1 aliphatic heterocycles. The molecule has 142 valence electrons. The number of carbonyl (C=O) groups excluding carboxylic acids is 2. The topological polar surface area (TPSA) is 85.9 Å². The average Bonchev–Trinajstić information content (AvgIpc) is 2.58. The molecule has 0 radical (unpaired) electrons. The monoisotopic (exact) mass is 362 g/mol. The van der Waals surface area contributed by atoms with Crippen molar-refractivity contribution >= 4 is 12.0 Å². The lowest BCUT2D eigenvalue weighted by atomic mass is 9.95. The van der Waals surface area contributed by atoms with Crippen LogP contribution in [0.2, 0.25) is 0 Å². The Morgan fingerprint density at radius 2 is 2.00 bits per heavy atom. The van der Waals surface area contributed by atoms with Gasteiger partial charge in [-0.15, -0.1) is 0 Å². The predicted molar refractivity (Wildman–Crippen MR) is 97.1 cm³/mol. The van der Waals surface area contributed by atoms with Gasteiger partial charge < -0.3 is 24.8 Å². The number of ether oxygens (including phenoxy) is 3. The van der Waals surface area contributed by atoms with Gasteiger partial charge >= 0.3 is 12.0 Å². The van der Waals surface area contributed by atoms with E-state index < -0.39 is 12.0 Å². The highest BCUT2D eigenvalue weighted by molar-refractivity contribution is 5.95. The zero-order valence-corrected chi connectivity index (χ0v) is 15.8. The highest BCUT2D eigenvalue weighted by atomic mass is 16.5. The standard InChI is InChI=1S/C19H26N2O5/c1-6-9-25-14-8-7-13(10-15(14)24-5)17-16(18(22)26-11(2)3)12(4)20-19(23)21-17/h7-8,10-11,17H,6,9H2,1-5H3,(H2,20,21,23). The van der Waals surface area contributed by atoms with E-state index in [-0.39, 0.29) is 12.1 Å². The van der Waals surface area contributed by atoms with Crippen LogP contribution in [0.3, 0.4) is 0 Å². The van der Waals surface area contributed by atoms with E-state index in [1.165, 1.54) is 0 Å². The predicted octanol–water partition coefficient (Wildman–Crippen LogP) is 3.06. The summed E-state index contributed by atoms with van der Waals surface area (Å²) in [6.45, 7) is 7.83. The lowest BCUT2D eigenvalue weighted by molar-refractivity contribution is -0.143. The molecule has 0 fully saturated rings. The van der Waals surface area contributed by atoms with Gasteiger partial charge in [-0.25, -0.2) is 9.59 Å². The molecule has 1 heterocycles. The maximum atomic E-state index is 12.5. The number of nitrogens with one attached hydrogen (secondary N) is 2. The van der Waals surface area contributed by atoms with E-state index in [1.807, 2.05) is 6.92 Å². The van der Waals surface area contributed by atoms with Gasteiger partial charge in [-0.2, -0.15) is 0 Å². The molecular weight excluding hydrogens is 336 g/mol. The molecule has 7 nitrogen and oxygen atoms in total. The van der Waals surface area contributed by atoms with Crippen LogP contribution in [0.15, 0.2) is 29.5 Å². The largest absolute Gasteiger partial charge is 0.493 e. The van der Waals surface area contributed by atoms with E-state index in [1.54, 1.807) is 46.1 Å². The fourth-order valence-corrected chi connectivity index (χ4v) is 2.69. The summed E-state index contributed by atoms with van der Waals surface area (Å²) in [5.74, 6) is 0.684. The van der Waals surface area contributed by atoms with Crippen LogP contribution >= 0.6 is 0 Å². The fraction of sp³-hybridized carbons (Fsp3) is 0.474. The van der Waals surface area contributed by atoms with Crippen LogP contribution in [0.5, 0.6) is 11.5 Å². The van der Waals surface area contributed by atoms with Gasteiger partial charge in [0.25, 0.3) is 0 Å². The number of amides is 2. The Morgan fingerprint density at radius 1 is 1.27 bits per heavy atom. The van der Waals surface area contributed by atoms with Crippen LogP contribution in [0.1, 0.15) is 45.7 Å². The van der Waals surface area contributed by atoms with Crippen LogP contribution in [0.25, 0.3) is 0 Å². The first kappa shape index (κ1) is 19.6. The van der Waals surface area contributed by atoms with Crippen LogP contribution in [0, 0.1) is 0 Å². The minimum Gasteiger partial charge on any atom is -0.493 e. The Balaban J connectivity index is 2.41. The van der Waals surface area contributed by atoms with Crippen molar-refractivity contribution in [3.05, 3.63) is 35.0 Å². The van der Waals surface area contributed by atoms with E-state index in [2.05, 4.69) is 10.6 Å². The second-order valence-electron chi connectivity index (χ2n) is 6.28. The summed E-state index contributed by atoms with van der Waals surface area (Å²) < 4.78 is 16.4. The molecular formula is C19H26N2O5. The zero-order valence-electron chi connectivity index (χ0n) is 15.8. The number of rotatable bonds is 7. The molecule has 7 heteroatoms. The smallest absolute Gasteiger partial charge is 0.338 e. The first-order valence-electron chi connectivity index (χ1n) is 8.67. The molecule has 2 amide bonds. The van der Waals surface area contributed by atoms with Crippen molar-refractivity contribution in [2.45, 2.75) is 46.3 Å². The number of allylic oxidation sites excluding steroid dienone is 1. The normalized spacial score (nSPS) is 16.8. The van der Waals surface area contributed by atoms with Crippen molar-refractivity contribution < 1.29 is 23.8 Å². The molecule has 1 aliphatic rings. The van der Waals surface area contributed by atoms with Gasteiger partial charge in [-0.1, -0.05) is 13.0 Å². The molecule has 1 atom stereocenters. The van der Waals surface area contributed by atoms with Crippen molar-refractivity contribution in [2.75, 3.05) is 13.7 Å². The van der Waals surface area contributed by atoms with E-state index in [0.29, 0.717) is 34.9 Å². The molecule has 0 spiro atoms. The molecule has 0 bridgehead atoms. The molecule has 0 aromatic heterocycles. The second kappa shape index (κ2) is 8.60. The average molecular weight is 362 g/mol. The number of benzene rings is 1. The number of carbonyl (C=O) groups is 2. The van der Waals surface area contributed by atoms with E-state index in [0.717, 1.165) is 6.42 Å². The third-order valence-electron chi connectivity index (χ3n) is 3.81. The Bertz CT molecular complexity index is 712. The highest BCUT2D eigenvalue weighted by Crippen LogP contribution is 2.34. The molecule has 0 aliphatic carbocycles. The van der Waals surface area contributed by atoms with Gasteiger partial charge in [0.15, 0.2) is 11.5 Å². The third kappa shape index (κ3) is 4.47. The molecule has 1 aromatic rings. The molecule has 26 heavy (non-hydrogen) atoms. The number of hydrogen-bond acceptors (Lipinski definition) is 5. The molecule has 1 aromatic carbocycles. The van der Waals surface area contributed by atoms with Gasteiger partial charge in [0, 0.05) is 5.70 Å². The van der Waals surface area contributed by atoms with Gasteiger partial charge in [-0.05, 0) is 44.9 Å². The van der Waals surface area contributed by atoms with Crippen molar-refractivity contribution in [1.82, 2.24) is 10.6 Å². The zero-order chi connectivity index (χ0) is 19.3. The first-order valence-corrected chi connectivity index (χ1v) is 8.67. The summed E-state index contributed by atoms with van der Waals surface area (Å²) in [5, 5.41) is 5.40. The number of methoxy groups -OCH3 is 1. The van der Waals surface area contributed by atoms with Crippen molar-refractivity contribution in [2.24, 2.45) is 0 Å². The second-order valence-corrected chi connectivity index (χ2v) is 6.28. The SMILES string of the molecule is CCCOc1ccc(C2NC(=O)NC(C)=C2C(=O)OC(C)C)cc1OC. The Kier molecular flexibility index (Phi) is 6.49. The number of esters is 1. The van der Waals surface area contributed by atoms with Gasteiger partial charge in [0.1, 0.15) is 0 Å². The maximum Gasteiger partial charge on any atom is 0.338 e. The Hall–Kier alpha value is -2.70. The summed E-state index contributed by atoms with van der Waals surface area (Å²) >= 11 is 0. The van der Waals surface area contributed by atoms with Crippen LogP contribution in [-0.2, 0) is 9.53 Å². The highest BCUT2D eigenvalue weighted by Gasteiger charge is 2.33. The quantitative estimate of drug-likeness (QED) is 0.728. The molecule has 0 saturated carbocycles.